The van der Waals surface area contributed by atoms with E-state index < -0.39 is 0 Å². The van der Waals surface area contributed by atoms with Crippen LogP contribution < -0.4 is 10.1 Å². The third-order valence-corrected chi connectivity index (χ3v) is 3.99. The predicted octanol–water partition coefficient (Wildman–Crippen LogP) is 2.68. The Morgan fingerprint density at radius 3 is 2.50 bits per heavy atom. The number of aromatic nitrogens is 1. The van der Waals surface area contributed by atoms with E-state index in [1.165, 1.54) is 25.7 Å². The van der Waals surface area contributed by atoms with Gasteiger partial charge in [-0.1, -0.05) is 0 Å². The summed E-state index contributed by atoms with van der Waals surface area (Å²) in [7, 11) is 1.71. The summed E-state index contributed by atoms with van der Waals surface area (Å²) in [5, 5.41) is 3.72. The Hall–Kier alpha value is -1.09. The van der Waals surface area contributed by atoms with Gasteiger partial charge < -0.3 is 10.1 Å². The number of hydrogen-bond donors (Lipinski definition) is 1. The molecule has 2 aliphatic rings. The van der Waals surface area contributed by atoms with Crippen molar-refractivity contribution in [2.45, 2.75) is 45.2 Å². The molecule has 0 spiro atoms. The first-order chi connectivity index (χ1) is 8.76. The number of aryl methyl sites for hydroxylation is 1. The Labute approximate surface area is 109 Å². The molecule has 0 atom stereocenters. The van der Waals surface area contributed by atoms with Crippen molar-refractivity contribution in [2.24, 2.45) is 11.8 Å². The maximum absolute atomic E-state index is 5.29. The predicted molar refractivity (Wildman–Crippen MR) is 71.6 cm³/mol. The van der Waals surface area contributed by atoms with Crippen LogP contribution in [0.4, 0.5) is 0 Å². The van der Waals surface area contributed by atoms with Gasteiger partial charge in [-0.15, -0.1) is 0 Å². The van der Waals surface area contributed by atoms with Crippen LogP contribution in [0.3, 0.4) is 0 Å². The monoisotopic (exact) mass is 246 g/mol. The highest BCUT2D eigenvalue weighted by molar-refractivity contribution is 5.26. The van der Waals surface area contributed by atoms with E-state index in [0.717, 1.165) is 41.6 Å². The van der Waals surface area contributed by atoms with Crippen molar-refractivity contribution >= 4 is 0 Å². The molecule has 1 heterocycles. The molecule has 0 unspecified atom stereocenters. The highest BCUT2D eigenvalue weighted by Gasteiger charge is 2.40. The minimum absolute atomic E-state index is 0.735. The van der Waals surface area contributed by atoms with Gasteiger partial charge in [0.2, 0.25) is 0 Å². The van der Waals surface area contributed by atoms with Crippen molar-refractivity contribution in [3.05, 3.63) is 23.5 Å². The Bertz CT molecular complexity index is 413. The number of rotatable bonds is 6. The summed E-state index contributed by atoms with van der Waals surface area (Å²) in [4.78, 5) is 4.57. The number of pyridine rings is 1. The molecular weight excluding hydrogens is 224 g/mol. The fourth-order valence-electron chi connectivity index (χ4n) is 2.76. The summed E-state index contributed by atoms with van der Waals surface area (Å²) in [5.41, 5.74) is 2.12. The Morgan fingerprint density at radius 2 is 1.94 bits per heavy atom. The van der Waals surface area contributed by atoms with Gasteiger partial charge in [-0.3, -0.25) is 4.98 Å². The normalized spacial score (nSPS) is 19.3. The first kappa shape index (κ1) is 12.0. The van der Waals surface area contributed by atoms with Crippen molar-refractivity contribution in [1.82, 2.24) is 10.3 Å². The zero-order valence-electron chi connectivity index (χ0n) is 11.3. The van der Waals surface area contributed by atoms with E-state index in [1.807, 2.05) is 19.1 Å². The van der Waals surface area contributed by atoms with E-state index in [-0.39, 0.29) is 0 Å². The highest BCUT2D eigenvalue weighted by Crippen LogP contribution is 2.44. The van der Waals surface area contributed by atoms with Crippen LogP contribution in [-0.4, -0.2) is 18.1 Å². The lowest BCUT2D eigenvalue weighted by atomic mass is 10.1. The molecule has 0 aliphatic heterocycles. The van der Waals surface area contributed by atoms with Crippen LogP contribution in [0.15, 0.2) is 12.1 Å². The first-order valence-electron chi connectivity index (χ1n) is 7.01. The van der Waals surface area contributed by atoms with Gasteiger partial charge in [0.25, 0.3) is 0 Å². The van der Waals surface area contributed by atoms with Gasteiger partial charge >= 0.3 is 0 Å². The van der Waals surface area contributed by atoms with E-state index in [2.05, 4.69) is 10.3 Å². The van der Waals surface area contributed by atoms with Crippen LogP contribution >= 0.6 is 0 Å². The van der Waals surface area contributed by atoms with Crippen LogP contribution in [0, 0.1) is 18.8 Å². The number of nitrogens with zero attached hydrogens (tertiary/aromatic N) is 1. The Morgan fingerprint density at radius 1 is 1.28 bits per heavy atom. The lowest BCUT2D eigenvalue weighted by Crippen LogP contribution is -2.32. The van der Waals surface area contributed by atoms with E-state index in [1.54, 1.807) is 7.11 Å². The molecule has 1 N–H and O–H groups in total. The highest BCUT2D eigenvalue weighted by atomic mass is 16.5. The second kappa shape index (κ2) is 4.88. The minimum atomic E-state index is 0.735. The van der Waals surface area contributed by atoms with Crippen LogP contribution in [0.2, 0.25) is 0 Å². The van der Waals surface area contributed by atoms with Crippen LogP contribution in [0.1, 0.15) is 37.1 Å². The quantitative estimate of drug-likeness (QED) is 0.838. The molecule has 3 rings (SSSR count). The van der Waals surface area contributed by atoms with E-state index in [9.17, 15) is 0 Å². The van der Waals surface area contributed by atoms with Crippen LogP contribution in [-0.2, 0) is 6.54 Å². The maximum Gasteiger partial charge on any atom is 0.122 e. The Balaban J connectivity index is 1.62. The van der Waals surface area contributed by atoms with Crippen molar-refractivity contribution in [2.75, 3.05) is 7.11 Å². The Kier molecular flexibility index (Phi) is 3.25. The molecule has 3 nitrogen and oxygen atoms in total. The third-order valence-electron chi connectivity index (χ3n) is 3.99. The zero-order chi connectivity index (χ0) is 12.5. The average Bonchev–Trinajstić information content (AvgIpc) is 3.22. The van der Waals surface area contributed by atoms with Crippen LogP contribution in [0.5, 0.6) is 5.75 Å². The molecular formula is C15H22N2O. The van der Waals surface area contributed by atoms with Crippen molar-refractivity contribution in [3.8, 4) is 5.75 Å². The van der Waals surface area contributed by atoms with Crippen LogP contribution in [0.25, 0.3) is 0 Å². The molecule has 2 fully saturated rings. The smallest absolute Gasteiger partial charge is 0.122 e. The fourth-order valence-corrected chi connectivity index (χ4v) is 2.76. The molecule has 1 aromatic heterocycles. The number of methoxy groups -OCH3 is 1. The molecule has 18 heavy (non-hydrogen) atoms. The minimum Gasteiger partial charge on any atom is -0.497 e. The second-order valence-electron chi connectivity index (χ2n) is 5.72. The molecule has 0 amide bonds. The number of nitrogens with one attached hydrogen (secondary N) is 1. The van der Waals surface area contributed by atoms with Gasteiger partial charge in [-0.2, -0.15) is 0 Å². The fraction of sp³-hybridized carbons (Fsp3) is 0.667. The summed E-state index contributed by atoms with van der Waals surface area (Å²) >= 11 is 0. The average molecular weight is 246 g/mol. The topological polar surface area (TPSA) is 34.1 Å². The summed E-state index contributed by atoms with van der Waals surface area (Å²) in [6.07, 6.45) is 5.66. The van der Waals surface area contributed by atoms with Crippen molar-refractivity contribution in [1.29, 1.82) is 0 Å². The molecule has 0 bridgehead atoms. The maximum atomic E-state index is 5.29. The lowest BCUT2D eigenvalue weighted by molar-refractivity contribution is 0.404. The van der Waals surface area contributed by atoms with E-state index in [4.69, 9.17) is 4.74 Å². The third kappa shape index (κ3) is 2.83. The van der Waals surface area contributed by atoms with Gasteiger partial charge in [0.1, 0.15) is 5.75 Å². The second-order valence-corrected chi connectivity index (χ2v) is 5.72. The molecule has 0 aromatic carbocycles. The molecule has 2 aliphatic carbocycles. The summed E-state index contributed by atoms with van der Waals surface area (Å²) in [5.74, 6) is 2.78. The SMILES string of the molecule is COc1cc(C)nc(CNC(C2CC2)C2CC2)c1. The molecule has 3 heteroatoms. The largest absolute Gasteiger partial charge is 0.497 e. The molecule has 2 saturated carbocycles. The van der Waals surface area contributed by atoms with Gasteiger partial charge in [0, 0.05) is 30.4 Å². The first-order valence-corrected chi connectivity index (χ1v) is 7.01. The van der Waals surface area contributed by atoms with Gasteiger partial charge in [-0.25, -0.2) is 0 Å². The number of hydrogen-bond acceptors (Lipinski definition) is 3. The summed E-state index contributed by atoms with van der Waals surface area (Å²) < 4.78 is 5.29. The summed E-state index contributed by atoms with van der Waals surface area (Å²) in [6.45, 7) is 2.89. The number of ether oxygens (including phenoxy) is 1. The van der Waals surface area contributed by atoms with Gasteiger partial charge in [0.05, 0.1) is 12.8 Å². The zero-order valence-corrected chi connectivity index (χ0v) is 11.3. The molecule has 98 valence electrons. The van der Waals surface area contributed by atoms with Crippen molar-refractivity contribution < 1.29 is 4.74 Å². The van der Waals surface area contributed by atoms with Gasteiger partial charge in [-0.05, 0) is 44.4 Å². The molecule has 1 aromatic rings. The summed E-state index contributed by atoms with van der Waals surface area (Å²) in [6, 6.07) is 4.75. The lowest BCUT2D eigenvalue weighted by Gasteiger charge is -2.17. The van der Waals surface area contributed by atoms with E-state index in [0.29, 0.717) is 0 Å². The standard InChI is InChI=1S/C15H22N2O/c1-10-7-14(18-2)8-13(17-10)9-16-15(11-3-4-11)12-5-6-12/h7-8,11-12,15-16H,3-6,9H2,1-2H3. The molecule has 0 radical (unpaired) electrons. The van der Waals surface area contributed by atoms with E-state index >= 15 is 0 Å². The van der Waals surface area contributed by atoms with Gasteiger partial charge in [0.15, 0.2) is 0 Å². The van der Waals surface area contributed by atoms with Crippen molar-refractivity contribution in [3.63, 3.8) is 0 Å². The molecule has 0 saturated heterocycles.